The van der Waals surface area contributed by atoms with Crippen molar-refractivity contribution in [3.05, 3.63) is 65.0 Å². The Balaban J connectivity index is 2.84. The predicted molar refractivity (Wildman–Crippen MR) is 147 cm³/mol. The summed E-state index contributed by atoms with van der Waals surface area (Å²) in [5.41, 5.74) is 8.39. The van der Waals surface area contributed by atoms with E-state index < -0.39 is 11.9 Å². The second-order valence-electron chi connectivity index (χ2n) is 8.72. The first-order valence-electron chi connectivity index (χ1n) is 12.4. The number of hydrogen-bond acceptors (Lipinski definition) is 7. The van der Waals surface area contributed by atoms with Crippen LogP contribution in [-0.4, -0.2) is 58.2 Å². The van der Waals surface area contributed by atoms with E-state index in [-0.39, 0.29) is 29.9 Å². The first-order chi connectivity index (χ1) is 17.7. The largest absolute Gasteiger partial charge is 0.454 e. The number of ether oxygens (including phenoxy) is 3. The van der Waals surface area contributed by atoms with Crippen LogP contribution in [0.2, 0.25) is 0 Å². The van der Waals surface area contributed by atoms with Crippen LogP contribution in [0.3, 0.4) is 0 Å². The highest BCUT2D eigenvalue weighted by Crippen LogP contribution is 2.24. The second kappa shape index (κ2) is 17.4. The molecule has 2 atom stereocenters. The van der Waals surface area contributed by atoms with Crippen LogP contribution in [-0.2, 0) is 20.7 Å². The van der Waals surface area contributed by atoms with E-state index in [2.05, 4.69) is 22.2 Å². The molecule has 4 N–H and O–H groups in total. The fraction of sp³-hybridized carbons (Fsp3) is 0.500. The highest BCUT2D eigenvalue weighted by atomic mass is 19.1. The summed E-state index contributed by atoms with van der Waals surface area (Å²) in [6.07, 6.45) is 5.32. The van der Waals surface area contributed by atoms with Gasteiger partial charge in [0.1, 0.15) is 11.6 Å². The smallest absolute Gasteiger partial charge is 0.237 e. The fourth-order valence-electron chi connectivity index (χ4n) is 3.40. The first-order valence-corrected chi connectivity index (χ1v) is 12.4. The third-order valence-corrected chi connectivity index (χ3v) is 5.66. The van der Waals surface area contributed by atoms with Gasteiger partial charge in [-0.3, -0.25) is 4.79 Å². The minimum Gasteiger partial charge on any atom is -0.454 e. The molecule has 0 radical (unpaired) electrons. The molecular formula is C28H43FN4O4. The molecule has 0 aromatic heterocycles. The standard InChI is InChI=1S/C28H43FN4O4/c1-8-23(13-15-35-6)33-28(34)25(30)17-22-10-11-26(24(29)16-22)37-21(5)20(4)27(31-9-2)32-14-12-19(3)18-36-7/h9-12,16,23,25,32H,5,8,13-15,17-18,30H2,1-4,6-7H3,(H,33,34)/b19-12+,27-20+,31-9?/t23?,25-/m0/s1. The summed E-state index contributed by atoms with van der Waals surface area (Å²) in [5, 5.41) is 6.15. The van der Waals surface area contributed by atoms with Crippen molar-refractivity contribution < 1.29 is 23.4 Å². The maximum Gasteiger partial charge on any atom is 0.237 e. The number of nitrogens with zero attached hydrogens (tertiary/aromatic N) is 1. The quantitative estimate of drug-likeness (QED) is 0.124. The van der Waals surface area contributed by atoms with Crippen LogP contribution in [0.25, 0.3) is 0 Å². The molecule has 0 fully saturated rings. The zero-order chi connectivity index (χ0) is 27.8. The van der Waals surface area contributed by atoms with Crippen molar-refractivity contribution in [3.8, 4) is 5.75 Å². The number of amides is 1. The SMILES string of the molecule is C=C(Oc1ccc(C[C@H](N)C(=O)NC(CC)CCOC)cc1F)/C(C)=C(\N=CC)NC/C=C(\C)COC. The summed E-state index contributed by atoms with van der Waals surface area (Å²) < 4.78 is 30.7. The van der Waals surface area contributed by atoms with Gasteiger partial charge in [0.05, 0.1) is 12.6 Å². The van der Waals surface area contributed by atoms with Gasteiger partial charge in [-0.25, -0.2) is 9.38 Å². The summed E-state index contributed by atoms with van der Waals surface area (Å²) >= 11 is 0. The van der Waals surface area contributed by atoms with Crippen LogP contribution in [0.5, 0.6) is 5.75 Å². The van der Waals surface area contributed by atoms with Crippen molar-refractivity contribution in [1.82, 2.24) is 10.6 Å². The van der Waals surface area contributed by atoms with Crippen LogP contribution in [0.4, 0.5) is 4.39 Å². The topological polar surface area (TPSA) is 107 Å². The molecular weight excluding hydrogens is 475 g/mol. The van der Waals surface area contributed by atoms with E-state index in [0.717, 1.165) is 12.0 Å². The Morgan fingerprint density at radius 2 is 2.00 bits per heavy atom. The Morgan fingerprint density at radius 1 is 1.27 bits per heavy atom. The summed E-state index contributed by atoms with van der Waals surface area (Å²) in [5.74, 6) is 0.000147. The molecule has 0 saturated heterocycles. The van der Waals surface area contributed by atoms with Crippen molar-refractivity contribution >= 4 is 12.1 Å². The summed E-state index contributed by atoms with van der Waals surface area (Å²) in [7, 11) is 3.27. The van der Waals surface area contributed by atoms with Crippen LogP contribution in [0.15, 0.2) is 58.6 Å². The number of nitrogens with two attached hydrogens (primary N) is 1. The number of hydrogen-bond donors (Lipinski definition) is 3. The van der Waals surface area contributed by atoms with Crippen LogP contribution < -0.4 is 21.1 Å². The molecule has 0 aliphatic rings. The molecule has 0 aliphatic carbocycles. The lowest BCUT2D eigenvalue weighted by atomic mass is 10.0. The Bertz CT molecular complexity index is 975. The molecule has 1 unspecified atom stereocenters. The van der Waals surface area contributed by atoms with Crippen molar-refractivity contribution in [2.75, 3.05) is 34.0 Å². The monoisotopic (exact) mass is 518 g/mol. The van der Waals surface area contributed by atoms with Gasteiger partial charge < -0.3 is 30.6 Å². The molecule has 0 spiro atoms. The number of methoxy groups -OCH3 is 2. The molecule has 0 saturated carbocycles. The number of rotatable bonds is 17. The lowest BCUT2D eigenvalue weighted by Crippen LogP contribution is -2.46. The van der Waals surface area contributed by atoms with Gasteiger partial charge in [-0.1, -0.05) is 31.2 Å². The maximum absolute atomic E-state index is 14.8. The van der Waals surface area contributed by atoms with Gasteiger partial charge in [-0.05, 0) is 57.7 Å². The van der Waals surface area contributed by atoms with Gasteiger partial charge >= 0.3 is 0 Å². The number of aliphatic imine (C=N–C) groups is 1. The van der Waals surface area contributed by atoms with Crippen LogP contribution in [0.1, 0.15) is 46.1 Å². The lowest BCUT2D eigenvalue weighted by Gasteiger charge is -2.20. The second-order valence-corrected chi connectivity index (χ2v) is 8.72. The van der Waals surface area contributed by atoms with Gasteiger partial charge in [0.2, 0.25) is 5.91 Å². The molecule has 1 amide bonds. The number of allylic oxidation sites excluding steroid dienone is 1. The molecule has 1 aromatic rings. The predicted octanol–water partition coefficient (Wildman–Crippen LogP) is 4.02. The average molecular weight is 519 g/mol. The van der Waals surface area contributed by atoms with E-state index in [1.54, 1.807) is 40.3 Å². The molecule has 0 bridgehead atoms. The fourth-order valence-corrected chi connectivity index (χ4v) is 3.40. The van der Waals surface area contributed by atoms with E-state index >= 15 is 0 Å². The summed E-state index contributed by atoms with van der Waals surface area (Å²) in [4.78, 5) is 16.8. The highest BCUT2D eigenvalue weighted by molar-refractivity contribution is 5.82. The Hall–Kier alpha value is -3.01. The summed E-state index contributed by atoms with van der Waals surface area (Å²) in [6.45, 7) is 13.1. The molecule has 9 heteroatoms. The van der Waals surface area contributed by atoms with E-state index in [1.165, 1.54) is 12.1 Å². The molecule has 206 valence electrons. The molecule has 0 heterocycles. The number of nitrogens with one attached hydrogen (secondary N) is 2. The average Bonchev–Trinajstić information content (AvgIpc) is 2.87. The maximum atomic E-state index is 14.8. The minimum absolute atomic E-state index is 0.0184. The Kier molecular flexibility index (Phi) is 15.1. The number of carbonyl (C=O) groups excluding carboxylic acids is 1. The van der Waals surface area contributed by atoms with Crippen molar-refractivity contribution in [3.63, 3.8) is 0 Å². The zero-order valence-corrected chi connectivity index (χ0v) is 23.0. The number of carbonyl (C=O) groups is 1. The molecule has 0 aliphatic heterocycles. The van der Waals surface area contributed by atoms with Gasteiger partial charge in [-0.15, -0.1) is 0 Å². The highest BCUT2D eigenvalue weighted by Gasteiger charge is 2.19. The number of benzene rings is 1. The third kappa shape index (κ3) is 11.7. The Labute approximate surface area is 220 Å². The van der Waals surface area contributed by atoms with Crippen LogP contribution in [0, 0.1) is 5.82 Å². The first kappa shape index (κ1) is 32.0. The normalized spacial score (nSPS) is 14.2. The zero-order valence-electron chi connectivity index (χ0n) is 23.0. The lowest BCUT2D eigenvalue weighted by molar-refractivity contribution is -0.123. The van der Waals surface area contributed by atoms with Gasteiger partial charge in [0.15, 0.2) is 11.6 Å². The molecule has 8 nitrogen and oxygen atoms in total. The molecule has 37 heavy (non-hydrogen) atoms. The van der Waals surface area contributed by atoms with E-state index in [1.807, 2.05) is 19.9 Å². The third-order valence-electron chi connectivity index (χ3n) is 5.66. The molecule has 1 aromatic carbocycles. The number of halogens is 1. The van der Waals surface area contributed by atoms with Gasteiger partial charge in [0, 0.05) is 45.2 Å². The van der Waals surface area contributed by atoms with Crippen molar-refractivity contribution in [2.45, 2.75) is 59.0 Å². The van der Waals surface area contributed by atoms with E-state index in [9.17, 15) is 9.18 Å². The summed E-state index contributed by atoms with van der Waals surface area (Å²) in [6, 6.07) is 3.70. The van der Waals surface area contributed by atoms with Gasteiger partial charge in [0.25, 0.3) is 0 Å². The Morgan fingerprint density at radius 3 is 2.59 bits per heavy atom. The van der Waals surface area contributed by atoms with E-state index in [4.69, 9.17) is 19.9 Å². The minimum atomic E-state index is -0.801. The molecule has 1 rings (SSSR count). The van der Waals surface area contributed by atoms with Crippen LogP contribution >= 0.6 is 0 Å². The van der Waals surface area contributed by atoms with Crippen molar-refractivity contribution in [2.24, 2.45) is 10.7 Å². The van der Waals surface area contributed by atoms with Crippen molar-refractivity contribution in [1.29, 1.82) is 0 Å². The van der Waals surface area contributed by atoms with Gasteiger partial charge in [-0.2, -0.15) is 0 Å². The van der Waals surface area contributed by atoms with E-state index in [0.29, 0.717) is 43.1 Å².